The predicted molar refractivity (Wildman–Crippen MR) is 88.8 cm³/mol. The summed E-state index contributed by atoms with van der Waals surface area (Å²) in [6.07, 6.45) is 0. The highest BCUT2D eigenvalue weighted by molar-refractivity contribution is 7.94. The van der Waals surface area contributed by atoms with Gasteiger partial charge in [0.1, 0.15) is 4.21 Å². The fourth-order valence-corrected chi connectivity index (χ4v) is 4.75. The van der Waals surface area contributed by atoms with Gasteiger partial charge in [-0.05, 0) is 50.2 Å². The van der Waals surface area contributed by atoms with Gasteiger partial charge in [-0.3, -0.25) is 4.72 Å². The first kappa shape index (κ1) is 16.3. The van der Waals surface area contributed by atoms with E-state index in [0.29, 0.717) is 21.5 Å². The average Bonchev–Trinajstić information content (AvgIpc) is 2.77. The normalized spacial score (nSPS) is 11.6. The van der Waals surface area contributed by atoms with Gasteiger partial charge in [0, 0.05) is 16.4 Å². The average molecular weight is 345 g/mol. The first-order valence-electron chi connectivity index (χ1n) is 6.36. The number of benzene rings is 1. The number of rotatable bonds is 5. The molecule has 114 valence electrons. The molecule has 0 amide bonds. The Bertz CT molecular complexity index is 754. The molecule has 7 heteroatoms. The topological polar surface area (TPSA) is 58.2 Å². The van der Waals surface area contributed by atoms with E-state index in [9.17, 15) is 8.42 Å². The van der Waals surface area contributed by atoms with Crippen LogP contribution in [-0.2, 0) is 16.6 Å². The molecule has 0 saturated carbocycles. The van der Waals surface area contributed by atoms with Crippen LogP contribution in [0.4, 0.5) is 5.69 Å². The van der Waals surface area contributed by atoms with Gasteiger partial charge in [-0.25, -0.2) is 8.42 Å². The number of anilines is 1. The van der Waals surface area contributed by atoms with Gasteiger partial charge >= 0.3 is 0 Å². The lowest BCUT2D eigenvalue weighted by molar-refractivity contribution is 0.603. The van der Waals surface area contributed by atoms with Crippen molar-refractivity contribution in [2.45, 2.75) is 24.6 Å². The number of hydrogen-bond donors (Lipinski definition) is 2. The lowest BCUT2D eigenvalue weighted by Crippen LogP contribution is -2.12. The fraction of sp³-hybridized carbons (Fsp3) is 0.286. The van der Waals surface area contributed by atoms with E-state index >= 15 is 0 Å². The zero-order valence-electron chi connectivity index (χ0n) is 12.0. The van der Waals surface area contributed by atoms with Crippen LogP contribution < -0.4 is 10.0 Å². The van der Waals surface area contributed by atoms with Crippen molar-refractivity contribution in [2.75, 3.05) is 11.8 Å². The Kier molecular flexibility index (Phi) is 4.93. The van der Waals surface area contributed by atoms with E-state index in [1.165, 1.54) is 11.3 Å². The molecule has 1 heterocycles. The van der Waals surface area contributed by atoms with Crippen LogP contribution in [0.15, 0.2) is 28.5 Å². The second-order valence-corrected chi connectivity index (χ2v) is 8.25. The number of nitrogens with one attached hydrogen (secondary N) is 2. The van der Waals surface area contributed by atoms with Crippen LogP contribution in [0.1, 0.15) is 16.0 Å². The molecular formula is C14H17ClN2O2S2. The summed E-state index contributed by atoms with van der Waals surface area (Å²) in [4.78, 5) is 1.01. The Balaban J connectivity index is 2.34. The van der Waals surface area contributed by atoms with Gasteiger partial charge in [-0.2, -0.15) is 0 Å². The number of thiophene rings is 1. The van der Waals surface area contributed by atoms with Crippen LogP contribution in [0.25, 0.3) is 0 Å². The van der Waals surface area contributed by atoms with Crippen LogP contribution in [0.2, 0.25) is 5.02 Å². The lowest BCUT2D eigenvalue weighted by atomic mass is 10.2. The summed E-state index contributed by atoms with van der Waals surface area (Å²) in [5, 5.41) is 3.53. The predicted octanol–water partition coefficient (Wildman–Crippen LogP) is 3.54. The molecule has 0 aliphatic carbocycles. The monoisotopic (exact) mass is 344 g/mol. The molecule has 1 aromatic carbocycles. The molecule has 0 fully saturated rings. The number of halogens is 1. The Morgan fingerprint density at radius 1 is 1.19 bits per heavy atom. The molecular weight excluding hydrogens is 328 g/mol. The Morgan fingerprint density at radius 3 is 2.57 bits per heavy atom. The van der Waals surface area contributed by atoms with E-state index < -0.39 is 10.0 Å². The van der Waals surface area contributed by atoms with Crippen molar-refractivity contribution in [3.8, 4) is 0 Å². The van der Waals surface area contributed by atoms with Gasteiger partial charge in [-0.15, -0.1) is 11.3 Å². The van der Waals surface area contributed by atoms with Gasteiger partial charge in [0.05, 0.1) is 5.69 Å². The van der Waals surface area contributed by atoms with Crippen molar-refractivity contribution >= 4 is 38.6 Å². The summed E-state index contributed by atoms with van der Waals surface area (Å²) in [6, 6.07) is 6.82. The second-order valence-electron chi connectivity index (χ2n) is 4.77. The van der Waals surface area contributed by atoms with Crippen molar-refractivity contribution < 1.29 is 8.42 Å². The summed E-state index contributed by atoms with van der Waals surface area (Å²) in [5.41, 5.74) is 2.30. The molecule has 2 N–H and O–H groups in total. The van der Waals surface area contributed by atoms with Crippen molar-refractivity contribution in [3.63, 3.8) is 0 Å². The molecule has 1 aromatic heterocycles. The van der Waals surface area contributed by atoms with Crippen LogP contribution >= 0.6 is 22.9 Å². The summed E-state index contributed by atoms with van der Waals surface area (Å²) < 4.78 is 27.9. The maximum atomic E-state index is 12.5. The largest absolute Gasteiger partial charge is 0.315 e. The van der Waals surface area contributed by atoms with E-state index in [1.54, 1.807) is 24.3 Å². The Morgan fingerprint density at radius 2 is 1.90 bits per heavy atom. The zero-order valence-corrected chi connectivity index (χ0v) is 14.4. The highest BCUT2D eigenvalue weighted by Gasteiger charge is 2.19. The van der Waals surface area contributed by atoms with Gasteiger partial charge in [0.15, 0.2) is 0 Å². The van der Waals surface area contributed by atoms with Crippen molar-refractivity contribution in [1.82, 2.24) is 5.32 Å². The minimum absolute atomic E-state index is 0.310. The van der Waals surface area contributed by atoms with Crippen LogP contribution in [-0.4, -0.2) is 15.5 Å². The molecule has 0 unspecified atom stereocenters. The summed E-state index contributed by atoms with van der Waals surface area (Å²) in [7, 11) is -1.76. The minimum Gasteiger partial charge on any atom is -0.315 e. The van der Waals surface area contributed by atoms with Crippen molar-refractivity contribution in [1.29, 1.82) is 0 Å². The van der Waals surface area contributed by atoms with Crippen molar-refractivity contribution in [3.05, 3.63) is 45.3 Å². The maximum Gasteiger partial charge on any atom is 0.271 e. The number of aryl methyl sites for hydroxylation is 2. The quantitative estimate of drug-likeness (QED) is 0.872. The van der Waals surface area contributed by atoms with Gasteiger partial charge < -0.3 is 5.32 Å². The lowest BCUT2D eigenvalue weighted by Gasteiger charge is -2.09. The second kappa shape index (κ2) is 6.36. The highest BCUT2D eigenvalue weighted by atomic mass is 35.5. The first-order valence-corrected chi connectivity index (χ1v) is 9.04. The molecule has 21 heavy (non-hydrogen) atoms. The Labute approximate surface area is 134 Å². The third kappa shape index (κ3) is 3.77. The van der Waals surface area contributed by atoms with Gasteiger partial charge in [0.25, 0.3) is 10.0 Å². The van der Waals surface area contributed by atoms with E-state index in [0.717, 1.165) is 16.0 Å². The van der Waals surface area contributed by atoms with E-state index in [4.69, 9.17) is 11.6 Å². The molecule has 0 spiro atoms. The smallest absolute Gasteiger partial charge is 0.271 e. The molecule has 0 saturated heterocycles. The molecule has 2 rings (SSSR count). The summed E-state index contributed by atoms with van der Waals surface area (Å²) in [6.45, 7) is 4.40. The number of sulfonamides is 1. The standard InChI is InChI=1S/C14H17ClN2O2S2/c1-9-4-5-11(15)7-12(9)17-21(18,19)14-6-10(2)13(20-14)8-16-3/h4-7,16-17H,8H2,1-3H3. The minimum atomic E-state index is -3.59. The maximum absolute atomic E-state index is 12.5. The molecule has 0 aliphatic rings. The third-order valence-electron chi connectivity index (χ3n) is 3.04. The molecule has 0 bridgehead atoms. The fourth-order valence-electron chi connectivity index (χ4n) is 1.86. The summed E-state index contributed by atoms with van der Waals surface area (Å²) in [5.74, 6) is 0. The number of hydrogen-bond acceptors (Lipinski definition) is 4. The van der Waals surface area contributed by atoms with Gasteiger partial charge in [-0.1, -0.05) is 17.7 Å². The molecule has 2 aromatic rings. The SMILES string of the molecule is CNCc1sc(S(=O)(=O)Nc2cc(Cl)ccc2C)cc1C. The zero-order chi connectivity index (χ0) is 15.6. The summed E-state index contributed by atoms with van der Waals surface area (Å²) >= 11 is 7.20. The van der Waals surface area contributed by atoms with Crippen LogP contribution in [0, 0.1) is 13.8 Å². The van der Waals surface area contributed by atoms with Crippen LogP contribution in [0.5, 0.6) is 0 Å². The van der Waals surface area contributed by atoms with Crippen molar-refractivity contribution in [2.24, 2.45) is 0 Å². The first-order chi connectivity index (χ1) is 9.83. The molecule has 4 nitrogen and oxygen atoms in total. The van der Waals surface area contributed by atoms with E-state index in [2.05, 4.69) is 10.0 Å². The molecule has 0 radical (unpaired) electrons. The van der Waals surface area contributed by atoms with Gasteiger partial charge in [0.2, 0.25) is 0 Å². The third-order valence-corrected chi connectivity index (χ3v) is 6.36. The van der Waals surface area contributed by atoms with E-state index in [1.807, 2.05) is 20.9 Å². The molecule has 0 atom stereocenters. The molecule has 0 aliphatic heterocycles. The van der Waals surface area contributed by atoms with Crippen LogP contribution in [0.3, 0.4) is 0 Å². The highest BCUT2D eigenvalue weighted by Crippen LogP contribution is 2.29. The van der Waals surface area contributed by atoms with E-state index in [-0.39, 0.29) is 0 Å². The Hall–Kier alpha value is -1.08.